The summed E-state index contributed by atoms with van der Waals surface area (Å²) in [6.07, 6.45) is 1.22. The van der Waals surface area contributed by atoms with Gasteiger partial charge in [0.05, 0.1) is 13.2 Å². The van der Waals surface area contributed by atoms with Crippen molar-refractivity contribution < 1.29 is 38.5 Å². The maximum Gasteiger partial charge on any atom is 0.560 e. The minimum atomic E-state index is -1.08. The number of aliphatic imine (C=N–C) groups is 1. The minimum Gasteiger partial charge on any atom is -0.458 e. The average Bonchev–Trinajstić information content (AvgIpc) is 3.91. The molecule has 1 aliphatic heterocycles. The first kappa shape index (κ1) is 46.8. The van der Waals surface area contributed by atoms with Crippen LogP contribution < -0.4 is 0 Å². The number of quaternary nitrogens is 1. The van der Waals surface area contributed by atoms with Crippen molar-refractivity contribution in [3.8, 4) is 22.5 Å². The van der Waals surface area contributed by atoms with Gasteiger partial charge in [-0.2, -0.15) is 9.79 Å². The standard InChI is InChI=1S/C50H51ClN7O8/c1-4-6-30-44-52-46(51)45(48(59)63-5-2)58(44,66-49(60)64-33-20-19-21-36(3)65-57(61)62)35-37-31-32-42(38-22-11-7-12-23-38)43(34-37)47-53-54-55-56(47)50(39-24-13-8-14-25-39,40-26-15-9-16-27-40)41-28-17-10-18-29-41/h7-18,22-29,31-32,34,36H,4-6,19-21,30,33,35H2,1-3H3/q+1/t36-,58?/m1/s1. The summed E-state index contributed by atoms with van der Waals surface area (Å²) in [5.74, 6) is -0.0753. The number of benzene rings is 5. The molecule has 0 spiro atoms. The number of amidine groups is 1. The zero-order valence-electron chi connectivity index (χ0n) is 37.0. The van der Waals surface area contributed by atoms with Gasteiger partial charge in [0.1, 0.15) is 11.6 Å². The van der Waals surface area contributed by atoms with E-state index in [-0.39, 0.29) is 30.6 Å². The van der Waals surface area contributed by atoms with Crippen LogP contribution >= 0.6 is 11.6 Å². The number of hydrogen-bond acceptors (Lipinski definition) is 12. The van der Waals surface area contributed by atoms with E-state index in [0.29, 0.717) is 54.9 Å². The molecule has 0 N–H and O–H groups in total. The summed E-state index contributed by atoms with van der Waals surface area (Å²) in [4.78, 5) is 54.1. The summed E-state index contributed by atoms with van der Waals surface area (Å²) >= 11 is 6.84. The summed E-state index contributed by atoms with van der Waals surface area (Å²) in [7, 11) is 0. The first-order valence-corrected chi connectivity index (χ1v) is 22.4. The summed E-state index contributed by atoms with van der Waals surface area (Å²) in [6.45, 7) is 5.07. The molecule has 15 nitrogen and oxygen atoms in total. The largest absolute Gasteiger partial charge is 0.560 e. The van der Waals surface area contributed by atoms with Gasteiger partial charge in [0.2, 0.25) is 5.16 Å². The molecule has 1 aliphatic rings. The van der Waals surface area contributed by atoms with E-state index in [1.807, 2.05) is 115 Å². The molecule has 6 aromatic rings. The number of esters is 1. The van der Waals surface area contributed by atoms with E-state index in [2.05, 4.69) is 51.4 Å². The zero-order valence-corrected chi connectivity index (χ0v) is 37.8. The Balaban J connectivity index is 1.38. The van der Waals surface area contributed by atoms with Crippen LogP contribution in [-0.2, 0) is 36.0 Å². The quantitative estimate of drug-likeness (QED) is 0.0128. The average molecular weight is 913 g/mol. The number of halogens is 1. The summed E-state index contributed by atoms with van der Waals surface area (Å²) in [5, 5.41) is 23.7. The highest BCUT2D eigenvalue weighted by molar-refractivity contribution is 6.32. The number of ether oxygens (including phenoxy) is 2. The number of carbonyl (C=O) groups excluding carboxylic acids is 2. The predicted octanol–water partition coefficient (Wildman–Crippen LogP) is 10.6. The van der Waals surface area contributed by atoms with Gasteiger partial charge >= 0.3 is 17.8 Å². The maximum atomic E-state index is 14.0. The van der Waals surface area contributed by atoms with Gasteiger partial charge in [-0.1, -0.05) is 158 Å². The van der Waals surface area contributed by atoms with Crippen molar-refractivity contribution in [3.05, 3.63) is 183 Å². The maximum absolute atomic E-state index is 14.0. The molecule has 0 bridgehead atoms. The van der Waals surface area contributed by atoms with Crippen LogP contribution in [0.1, 0.15) is 81.5 Å². The highest BCUT2D eigenvalue weighted by Gasteiger charge is 2.55. The SMILES string of the molecule is CCCCC1=NC(Cl)=C(C(=O)OCC)[N+]1(Cc1ccc(-c2ccccc2)c(-c2nnnn2C(c2ccccc2)(c2ccccc2)c2ccccc2)c1)OC(=O)OCCCC[C@@H](C)O[N+](=O)[O-]. The van der Waals surface area contributed by atoms with Crippen LogP contribution in [0.3, 0.4) is 0 Å². The number of tetrazole rings is 1. The number of hydrogen-bond donors (Lipinski definition) is 0. The van der Waals surface area contributed by atoms with Crippen molar-refractivity contribution in [1.29, 1.82) is 0 Å². The molecule has 0 saturated heterocycles. The second-order valence-electron chi connectivity index (χ2n) is 15.7. The van der Waals surface area contributed by atoms with Gasteiger partial charge < -0.3 is 14.3 Å². The molecular weight excluding hydrogens is 862 g/mol. The number of rotatable bonds is 21. The Morgan fingerprint density at radius 3 is 1.98 bits per heavy atom. The number of carbonyl (C=O) groups is 2. The molecule has 7 rings (SSSR count). The van der Waals surface area contributed by atoms with Gasteiger partial charge in [0, 0.05) is 17.5 Å². The molecule has 1 aromatic heterocycles. The molecule has 0 radical (unpaired) electrons. The minimum absolute atomic E-state index is 0.0183. The first-order valence-electron chi connectivity index (χ1n) is 22.0. The van der Waals surface area contributed by atoms with E-state index in [0.717, 1.165) is 34.2 Å². The molecule has 0 aliphatic carbocycles. The van der Waals surface area contributed by atoms with E-state index in [1.54, 1.807) is 13.8 Å². The Kier molecular flexibility index (Phi) is 15.3. The van der Waals surface area contributed by atoms with Crippen molar-refractivity contribution in [2.75, 3.05) is 13.2 Å². The van der Waals surface area contributed by atoms with E-state index >= 15 is 0 Å². The second-order valence-corrected chi connectivity index (χ2v) is 16.0. The highest BCUT2D eigenvalue weighted by Crippen LogP contribution is 2.45. The lowest BCUT2D eigenvalue weighted by Gasteiger charge is -2.36. The van der Waals surface area contributed by atoms with Gasteiger partial charge in [-0.15, -0.1) is 15.2 Å². The number of aromatic nitrogens is 4. The topological polar surface area (TPSA) is 170 Å². The van der Waals surface area contributed by atoms with Crippen molar-refractivity contribution >= 4 is 29.6 Å². The fourth-order valence-electron chi connectivity index (χ4n) is 8.36. The summed E-state index contributed by atoms with van der Waals surface area (Å²) in [5.41, 5.74) is 4.44. The molecule has 0 saturated carbocycles. The Hall–Kier alpha value is -7.23. The normalized spacial score (nSPS) is 15.2. The summed E-state index contributed by atoms with van der Waals surface area (Å²) in [6, 6.07) is 45.9. The van der Waals surface area contributed by atoms with E-state index in [9.17, 15) is 19.7 Å². The number of nitrogens with zero attached hydrogens (tertiary/aromatic N) is 7. The fraction of sp³-hybridized carbons (Fsp3) is 0.280. The van der Waals surface area contributed by atoms with Crippen LogP contribution in [0.2, 0.25) is 0 Å². The second kappa shape index (κ2) is 21.6. The molecule has 340 valence electrons. The van der Waals surface area contributed by atoms with Crippen LogP contribution in [0.5, 0.6) is 0 Å². The van der Waals surface area contributed by atoms with Gasteiger partial charge in [-0.3, -0.25) is 0 Å². The molecule has 1 unspecified atom stereocenters. The molecule has 0 fully saturated rings. The van der Waals surface area contributed by atoms with Crippen molar-refractivity contribution in [1.82, 2.24) is 20.2 Å². The summed E-state index contributed by atoms with van der Waals surface area (Å²) < 4.78 is 12.1. The van der Waals surface area contributed by atoms with Gasteiger partial charge in [-0.05, 0) is 88.5 Å². The van der Waals surface area contributed by atoms with E-state index in [1.165, 1.54) is 0 Å². The van der Waals surface area contributed by atoms with Crippen LogP contribution in [-0.4, -0.2) is 67.2 Å². The van der Waals surface area contributed by atoms with Crippen molar-refractivity contribution in [2.24, 2.45) is 4.99 Å². The third-order valence-electron chi connectivity index (χ3n) is 11.3. The molecule has 2 heterocycles. The van der Waals surface area contributed by atoms with Crippen molar-refractivity contribution in [3.63, 3.8) is 0 Å². The zero-order chi connectivity index (χ0) is 46.5. The Labute approximate surface area is 387 Å². The third-order valence-corrected chi connectivity index (χ3v) is 11.6. The monoisotopic (exact) mass is 912 g/mol. The molecule has 66 heavy (non-hydrogen) atoms. The van der Waals surface area contributed by atoms with Crippen LogP contribution in [0, 0.1) is 10.1 Å². The Morgan fingerprint density at radius 1 is 0.803 bits per heavy atom. The lowest BCUT2D eigenvalue weighted by atomic mass is 9.77. The van der Waals surface area contributed by atoms with Crippen LogP contribution in [0.4, 0.5) is 4.79 Å². The van der Waals surface area contributed by atoms with Crippen LogP contribution in [0.15, 0.2) is 155 Å². The Morgan fingerprint density at radius 2 is 1.41 bits per heavy atom. The number of hydroxylamine groups is 3. The van der Waals surface area contributed by atoms with E-state index < -0.39 is 33.5 Å². The molecule has 2 atom stereocenters. The lowest BCUT2D eigenvalue weighted by Crippen LogP contribution is -2.52. The molecule has 16 heteroatoms. The van der Waals surface area contributed by atoms with Crippen molar-refractivity contribution in [2.45, 2.75) is 77.5 Å². The van der Waals surface area contributed by atoms with E-state index in [4.69, 9.17) is 36.2 Å². The highest BCUT2D eigenvalue weighted by atomic mass is 35.5. The van der Waals surface area contributed by atoms with Gasteiger partial charge in [-0.25, -0.2) is 14.3 Å². The first-order chi connectivity index (χ1) is 32.1. The van der Waals surface area contributed by atoms with Gasteiger partial charge in [0.15, 0.2) is 12.4 Å². The third kappa shape index (κ3) is 10.0. The predicted molar refractivity (Wildman–Crippen MR) is 248 cm³/mol. The fourth-order valence-corrected chi connectivity index (χ4v) is 8.67. The smallest absolute Gasteiger partial charge is 0.458 e. The Bertz CT molecular complexity index is 2570. The van der Waals surface area contributed by atoms with Gasteiger partial charge in [0.25, 0.3) is 10.9 Å². The molecular formula is C50H51ClN7O8+. The number of unbranched alkanes of at least 4 members (excludes halogenated alkanes) is 2. The van der Waals surface area contributed by atoms with Crippen LogP contribution in [0.25, 0.3) is 22.5 Å². The lowest BCUT2D eigenvalue weighted by molar-refractivity contribution is -0.995. The molecule has 0 amide bonds. The molecule has 5 aromatic carbocycles.